The molecule has 1 heteroatoms. The minimum absolute atomic E-state index is 0.210. The van der Waals surface area contributed by atoms with E-state index in [2.05, 4.69) is 97.0 Å². The number of hydrogen-bond donors (Lipinski definition) is 1. The van der Waals surface area contributed by atoms with E-state index in [0.29, 0.717) is 0 Å². The van der Waals surface area contributed by atoms with Gasteiger partial charge in [-0.25, -0.2) is 0 Å². The van der Waals surface area contributed by atoms with Crippen LogP contribution >= 0.6 is 0 Å². The second-order valence-corrected chi connectivity index (χ2v) is 11.2. The molecule has 0 spiro atoms. The second-order valence-electron chi connectivity index (χ2n) is 11.2. The molecular formula is C31H49N. The molecule has 0 radical (unpaired) electrons. The van der Waals surface area contributed by atoms with Gasteiger partial charge in [-0.1, -0.05) is 136 Å². The molecule has 0 saturated heterocycles. The Morgan fingerprint density at radius 3 is 1.12 bits per heavy atom. The molecule has 0 amide bonds. The van der Waals surface area contributed by atoms with E-state index in [1.165, 1.54) is 73.6 Å². The summed E-state index contributed by atoms with van der Waals surface area (Å²) in [5, 5.41) is 0. The van der Waals surface area contributed by atoms with Crippen LogP contribution in [0.25, 0.3) is 0 Å². The molecule has 0 aromatic heterocycles. The van der Waals surface area contributed by atoms with Crippen molar-refractivity contribution in [1.29, 1.82) is 0 Å². The Labute approximate surface area is 199 Å². The smallest absolute Gasteiger partial charge is 0.0662 e. The van der Waals surface area contributed by atoms with E-state index in [9.17, 15) is 0 Å². The van der Waals surface area contributed by atoms with E-state index in [1.807, 2.05) is 0 Å². The molecule has 0 aliphatic heterocycles. The summed E-state index contributed by atoms with van der Waals surface area (Å²) < 4.78 is 0. The average molecular weight is 436 g/mol. The molecule has 0 fully saturated rings. The maximum Gasteiger partial charge on any atom is 0.0662 e. The van der Waals surface area contributed by atoms with Gasteiger partial charge in [0.05, 0.1) is 5.54 Å². The number of unbranched alkanes of at least 4 members (excludes halogenated alkanes) is 4. The van der Waals surface area contributed by atoms with E-state index < -0.39 is 5.54 Å². The predicted octanol–water partition coefficient (Wildman–Crippen LogP) is 9.01. The first-order chi connectivity index (χ1) is 15.1. The van der Waals surface area contributed by atoms with Crippen LogP contribution in [0.4, 0.5) is 0 Å². The molecular weight excluding hydrogens is 386 g/mol. The summed E-state index contributed by atoms with van der Waals surface area (Å²) in [6, 6.07) is 18.3. The van der Waals surface area contributed by atoms with Gasteiger partial charge in [-0.15, -0.1) is 0 Å². The molecule has 1 nitrogen and oxygen atoms in total. The van der Waals surface area contributed by atoms with Crippen molar-refractivity contribution >= 4 is 0 Å². The Hall–Kier alpha value is -1.60. The molecule has 2 aromatic rings. The highest BCUT2D eigenvalue weighted by Gasteiger charge is 2.29. The summed E-state index contributed by atoms with van der Waals surface area (Å²) in [4.78, 5) is 0. The lowest BCUT2D eigenvalue weighted by atomic mass is 9.76. The van der Waals surface area contributed by atoms with Gasteiger partial charge in [0.15, 0.2) is 0 Å². The zero-order valence-corrected chi connectivity index (χ0v) is 22.1. The molecule has 0 atom stereocenters. The summed E-state index contributed by atoms with van der Waals surface area (Å²) >= 11 is 0. The topological polar surface area (TPSA) is 26.0 Å². The monoisotopic (exact) mass is 435 g/mol. The third-order valence-corrected chi connectivity index (χ3v) is 7.73. The fourth-order valence-corrected chi connectivity index (χ4v) is 4.94. The van der Waals surface area contributed by atoms with Crippen molar-refractivity contribution in [2.24, 2.45) is 5.73 Å². The van der Waals surface area contributed by atoms with Crippen LogP contribution in [0.5, 0.6) is 0 Å². The Bertz CT molecular complexity index is 730. The summed E-state index contributed by atoms with van der Waals surface area (Å²) in [5.74, 6) is 0. The normalized spacial score (nSPS) is 12.9. The van der Waals surface area contributed by atoms with Gasteiger partial charge in [-0.05, 0) is 52.3 Å². The Kier molecular flexibility index (Phi) is 9.58. The van der Waals surface area contributed by atoms with E-state index in [-0.39, 0.29) is 10.8 Å². The predicted molar refractivity (Wildman–Crippen MR) is 142 cm³/mol. The van der Waals surface area contributed by atoms with Crippen LogP contribution in [-0.4, -0.2) is 0 Å². The van der Waals surface area contributed by atoms with Crippen LogP contribution in [0.3, 0.4) is 0 Å². The third kappa shape index (κ3) is 6.47. The number of nitrogens with two attached hydrogens (primary N) is 1. The van der Waals surface area contributed by atoms with Crippen molar-refractivity contribution in [3.05, 3.63) is 70.8 Å². The van der Waals surface area contributed by atoms with Crippen LogP contribution in [0.2, 0.25) is 0 Å². The lowest BCUT2D eigenvalue weighted by Gasteiger charge is -2.32. The maximum atomic E-state index is 7.05. The van der Waals surface area contributed by atoms with Crippen molar-refractivity contribution in [2.45, 2.75) is 123 Å². The fourth-order valence-electron chi connectivity index (χ4n) is 4.94. The molecule has 32 heavy (non-hydrogen) atoms. The number of hydrogen-bond acceptors (Lipinski definition) is 1. The van der Waals surface area contributed by atoms with Crippen molar-refractivity contribution in [1.82, 2.24) is 0 Å². The molecule has 0 unspecified atom stereocenters. The summed E-state index contributed by atoms with van der Waals surface area (Å²) in [6.07, 6.45) is 11.1. The van der Waals surface area contributed by atoms with E-state index >= 15 is 0 Å². The van der Waals surface area contributed by atoms with Crippen LogP contribution in [-0.2, 0) is 16.4 Å². The van der Waals surface area contributed by atoms with Crippen LogP contribution in [0, 0.1) is 0 Å². The molecule has 2 rings (SSSR count). The van der Waals surface area contributed by atoms with Crippen molar-refractivity contribution in [3.8, 4) is 0 Å². The maximum absolute atomic E-state index is 7.05. The van der Waals surface area contributed by atoms with Crippen LogP contribution in [0.1, 0.15) is 129 Å². The Morgan fingerprint density at radius 1 is 0.531 bits per heavy atom. The Morgan fingerprint density at radius 2 is 0.844 bits per heavy atom. The van der Waals surface area contributed by atoms with Gasteiger partial charge in [-0.3, -0.25) is 0 Å². The molecule has 2 N–H and O–H groups in total. The largest absolute Gasteiger partial charge is 0.318 e. The first-order valence-electron chi connectivity index (χ1n) is 13.1. The van der Waals surface area contributed by atoms with Gasteiger partial charge in [0.2, 0.25) is 0 Å². The number of benzene rings is 2. The second kappa shape index (κ2) is 11.5. The molecule has 0 bridgehead atoms. The lowest BCUT2D eigenvalue weighted by molar-refractivity contribution is 0.448. The first-order valence-corrected chi connectivity index (χ1v) is 13.1. The first kappa shape index (κ1) is 26.7. The summed E-state index contributed by atoms with van der Waals surface area (Å²) in [7, 11) is 0. The number of rotatable bonds is 13. The highest BCUT2D eigenvalue weighted by molar-refractivity contribution is 5.42. The fraction of sp³-hybridized carbons (Fsp3) is 0.613. The zero-order valence-electron chi connectivity index (χ0n) is 22.1. The van der Waals surface area contributed by atoms with Crippen molar-refractivity contribution in [2.75, 3.05) is 0 Å². The SMILES string of the molecule is CCCCCC(C)(C)c1ccc(C(N)(CC)c2ccc(C(C)(C)CCCCC)cc2)cc1. The van der Waals surface area contributed by atoms with Crippen molar-refractivity contribution in [3.63, 3.8) is 0 Å². The minimum Gasteiger partial charge on any atom is -0.318 e. The summed E-state index contributed by atoms with van der Waals surface area (Å²) in [5.41, 5.74) is 12.3. The molecule has 0 saturated carbocycles. The molecule has 0 aliphatic carbocycles. The Balaban J connectivity index is 2.22. The van der Waals surface area contributed by atoms with Gasteiger partial charge < -0.3 is 5.73 Å². The third-order valence-electron chi connectivity index (χ3n) is 7.73. The molecule has 0 aliphatic rings. The zero-order chi connectivity index (χ0) is 23.8. The average Bonchev–Trinajstić information content (AvgIpc) is 2.79. The van der Waals surface area contributed by atoms with Gasteiger partial charge in [0.1, 0.15) is 0 Å². The summed E-state index contributed by atoms with van der Waals surface area (Å²) in [6.45, 7) is 16.2. The molecule has 0 heterocycles. The quantitative estimate of drug-likeness (QED) is 0.312. The highest BCUT2D eigenvalue weighted by Crippen LogP contribution is 2.36. The molecule has 178 valence electrons. The van der Waals surface area contributed by atoms with Crippen LogP contribution < -0.4 is 5.73 Å². The van der Waals surface area contributed by atoms with Crippen LogP contribution in [0.15, 0.2) is 48.5 Å². The van der Waals surface area contributed by atoms with Gasteiger partial charge in [-0.2, -0.15) is 0 Å². The lowest BCUT2D eigenvalue weighted by Crippen LogP contribution is -2.37. The van der Waals surface area contributed by atoms with Crippen molar-refractivity contribution < 1.29 is 0 Å². The van der Waals surface area contributed by atoms with Gasteiger partial charge in [0.25, 0.3) is 0 Å². The highest BCUT2D eigenvalue weighted by atomic mass is 14.7. The standard InChI is InChI=1S/C31H49N/c1-8-11-13-23-29(4,5)25-15-19-27(20-16-25)31(32,10-3)28-21-17-26(18-22-28)30(6,7)24-14-12-9-2/h15-22H,8-14,23-24,32H2,1-7H3. The minimum atomic E-state index is -0.449. The van der Waals surface area contributed by atoms with Gasteiger partial charge >= 0.3 is 0 Å². The van der Waals surface area contributed by atoms with E-state index in [1.54, 1.807) is 0 Å². The van der Waals surface area contributed by atoms with E-state index in [0.717, 1.165) is 6.42 Å². The van der Waals surface area contributed by atoms with Gasteiger partial charge in [0, 0.05) is 0 Å². The molecule has 2 aromatic carbocycles. The van der Waals surface area contributed by atoms with E-state index in [4.69, 9.17) is 5.73 Å².